The zero-order valence-electron chi connectivity index (χ0n) is 11.0. The van der Waals surface area contributed by atoms with Crippen molar-refractivity contribution in [3.63, 3.8) is 0 Å². The summed E-state index contributed by atoms with van der Waals surface area (Å²) in [6.07, 6.45) is -0.481. The molecule has 0 aliphatic carbocycles. The van der Waals surface area contributed by atoms with Crippen molar-refractivity contribution in [1.82, 2.24) is 5.32 Å². The first kappa shape index (κ1) is 14.9. The Balaban J connectivity index is 2.53. The van der Waals surface area contributed by atoms with Gasteiger partial charge in [0, 0.05) is 5.92 Å². The maximum absolute atomic E-state index is 11.8. The van der Waals surface area contributed by atoms with E-state index >= 15 is 0 Å². The number of aliphatic hydroxyl groups excluding tert-OH is 2. The van der Waals surface area contributed by atoms with E-state index in [2.05, 4.69) is 5.32 Å². The Morgan fingerprint density at radius 2 is 2.17 bits per heavy atom. The maximum atomic E-state index is 11.8. The van der Waals surface area contributed by atoms with E-state index in [1.807, 2.05) is 0 Å². The number of rotatable bonds is 4. The number of carbonyl (C=O) groups excluding carboxylic acids is 2. The van der Waals surface area contributed by atoms with Crippen molar-refractivity contribution < 1.29 is 24.5 Å². The first-order chi connectivity index (χ1) is 8.23. The minimum absolute atomic E-state index is 0.154. The highest BCUT2D eigenvalue weighted by molar-refractivity contribution is 5.89. The number of carbonyl (C=O) groups is 2. The van der Waals surface area contributed by atoms with Gasteiger partial charge in [-0.3, -0.25) is 4.79 Å². The Hall–Kier alpha value is -1.14. The maximum Gasteiger partial charge on any atom is 0.329 e. The zero-order valence-corrected chi connectivity index (χ0v) is 11.0. The molecule has 1 heterocycles. The quantitative estimate of drug-likeness (QED) is 0.596. The molecule has 0 aromatic rings. The van der Waals surface area contributed by atoms with Gasteiger partial charge >= 0.3 is 5.97 Å². The summed E-state index contributed by atoms with van der Waals surface area (Å²) < 4.78 is 5.18. The van der Waals surface area contributed by atoms with E-state index in [1.54, 1.807) is 20.8 Å². The molecular weight excluding hydrogens is 238 g/mol. The largest absolute Gasteiger partial charge is 0.458 e. The first-order valence-electron chi connectivity index (χ1n) is 6.05. The van der Waals surface area contributed by atoms with E-state index in [1.165, 1.54) is 0 Å². The van der Waals surface area contributed by atoms with Crippen LogP contribution in [0.15, 0.2) is 0 Å². The lowest BCUT2D eigenvalue weighted by molar-refractivity contribution is -0.157. The van der Waals surface area contributed by atoms with Crippen molar-refractivity contribution in [3.8, 4) is 0 Å². The Morgan fingerprint density at radius 1 is 1.56 bits per heavy atom. The van der Waals surface area contributed by atoms with Crippen LogP contribution in [0.5, 0.6) is 0 Å². The number of nitrogens with one attached hydrogen (secondary N) is 1. The Kier molecular flexibility index (Phi) is 4.70. The summed E-state index contributed by atoms with van der Waals surface area (Å²) in [5, 5.41) is 20.6. The van der Waals surface area contributed by atoms with Crippen molar-refractivity contribution in [3.05, 3.63) is 0 Å². The van der Waals surface area contributed by atoms with Gasteiger partial charge in [0.15, 0.2) is 0 Å². The normalized spacial score (nSPS) is 25.7. The SMILES string of the molecule is CC(C)(C)OC(=O)[C@@H]1C[C@H](CC(O)CO)C(=O)N1. The van der Waals surface area contributed by atoms with Gasteiger partial charge in [0.2, 0.25) is 5.91 Å². The molecule has 1 aliphatic rings. The number of ether oxygens (including phenoxy) is 1. The Morgan fingerprint density at radius 3 is 2.67 bits per heavy atom. The van der Waals surface area contributed by atoms with E-state index in [9.17, 15) is 14.7 Å². The second-order valence-corrected chi connectivity index (χ2v) is 5.60. The van der Waals surface area contributed by atoms with Crippen molar-refractivity contribution in [2.45, 2.75) is 51.4 Å². The van der Waals surface area contributed by atoms with Gasteiger partial charge in [0.25, 0.3) is 0 Å². The molecule has 0 aromatic heterocycles. The minimum Gasteiger partial charge on any atom is -0.458 e. The molecular formula is C12H21NO5. The van der Waals surface area contributed by atoms with Gasteiger partial charge in [-0.25, -0.2) is 4.79 Å². The van der Waals surface area contributed by atoms with Crippen LogP contribution in [0.3, 0.4) is 0 Å². The second-order valence-electron chi connectivity index (χ2n) is 5.60. The molecule has 0 saturated carbocycles. The van der Waals surface area contributed by atoms with Gasteiger partial charge in [0.05, 0.1) is 12.7 Å². The predicted molar refractivity (Wildman–Crippen MR) is 63.6 cm³/mol. The van der Waals surface area contributed by atoms with E-state index in [0.717, 1.165) is 0 Å². The highest BCUT2D eigenvalue weighted by Gasteiger charge is 2.38. The lowest BCUT2D eigenvalue weighted by atomic mass is 9.98. The smallest absolute Gasteiger partial charge is 0.329 e. The monoisotopic (exact) mass is 259 g/mol. The standard InChI is InChI=1S/C12H21NO5/c1-12(2,3)18-11(17)9-5-7(10(16)13-9)4-8(15)6-14/h7-9,14-15H,4-6H2,1-3H3,(H,13,16)/t7-,8?,9-/m0/s1. The van der Waals surface area contributed by atoms with Crippen LogP contribution in [0.2, 0.25) is 0 Å². The van der Waals surface area contributed by atoms with Crippen LogP contribution in [0, 0.1) is 5.92 Å². The third-order valence-corrected chi connectivity index (χ3v) is 2.67. The summed E-state index contributed by atoms with van der Waals surface area (Å²) in [4.78, 5) is 23.4. The second kappa shape index (κ2) is 5.67. The van der Waals surface area contributed by atoms with E-state index in [4.69, 9.17) is 9.84 Å². The summed E-state index contributed by atoms with van der Waals surface area (Å²) in [5.74, 6) is -1.19. The highest BCUT2D eigenvalue weighted by Crippen LogP contribution is 2.22. The molecule has 6 heteroatoms. The molecule has 0 spiro atoms. The lowest BCUT2D eigenvalue weighted by Crippen LogP contribution is -2.38. The van der Waals surface area contributed by atoms with E-state index in [0.29, 0.717) is 6.42 Å². The van der Waals surface area contributed by atoms with E-state index in [-0.39, 0.29) is 18.9 Å². The molecule has 1 rings (SSSR count). The number of amides is 1. The van der Waals surface area contributed by atoms with Crippen molar-refractivity contribution in [2.24, 2.45) is 5.92 Å². The van der Waals surface area contributed by atoms with Crippen LogP contribution in [-0.4, -0.2) is 46.4 Å². The van der Waals surface area contributed by atoms with Gasteiger partial charge in [-0.15, -0.1) is 0 Å². The number of aliphatic hydroxyl groups is 2. The molecule has 1 amide bonds. The molecule has 0 radical (unpaired) electrons. The molecule has 104 valence electrons. The van der Waals surface area contributed by atoms with Gasteiger partial charge in [-0.05, 0) is 33.6 Å². The fourth-order valence-electron chi connectivity index (χ4n) is 1.87. The average Bonchev–Trinajstić information content (AvgIpc) is 2.58. The molecule has 6 nitrogen and oxygen atoms in total. The number of hydrogen-bond acceptors (Lipinski definition) is 5. The fourth-order valence-corrected chi connectivity index (χ4v) is 1.87. The number of esters is 1. The summed E-state index contributed by atoms with van der Waals surface area (Å²) in [5.41, 5.74) is -0.593. The van der Waals surface area contributed by atoms with Crippen molar-refractivity contribution in [1.29, 1.82) is 0 Å². The lowest BCUT2D eigenvalue weighted by Gasteiger charge is -2.21. The van der Waals surface area contributed by atoms with Gasteiger partial charge in [-0.1, -0.05) is 0 Å². The summed E-state index contributed by atoms with van der Waals surface area (Å²) >= 11 is 0. The van der Waals surface area contributed by atoms with Gasteiger partial charge in [0.1, 0.15) is 11.6 Å². The first-order valence-corrected chi connectivity index (χ1v) is 6.05. The van der Waals surface area contributed by atoms with Gasteiger partial charge in [-0.2, -0.15) is 0 Å². The van der Waals surface area contributed by atoms with Crippen LogP contribution in [-0.2, 0) is 14.3 Å². The zero-order chi connectivity index (χ0) is 13.9. The van der Waals surface area contributed by atoms with Crippen LogP contribution >= 0.6 is 0 Å². The van der Waals surface area contributed by atoms with Gasteiger partial charge < -0.3 is 20.3 Å². The van der Waals surface area contributed by atoms with Crippen LogP contribution in [0.1, 0.15) is 33.6 Å². The number of hydrogen-bond donors (Lipinski definition) is 3. The minimum atomic E-state index is -0.932. The Labute approximate surface area is 106 Å². The van der Waals surface area contributed by atoms with Crippen molar-refractivity contribution in [2.75, 3.05) is 6.61 Å². The summed E-state index contributed by atoms with van der Waals surface area (Å²) in [7, 11) is 0. The average molecular weight is 259 g/mol. The topological polar surface area (TPSA) is 95.9 Å². The van der Waals surface area contributed by atoms with Crippen LogP contribution < -0.4 is 5.32 Å². The van der Waals surface area contributed by atoms with Crippen LogP contribution in [0.4, 0.5) is 0 Å². The third kappa shape index (κ3) is 4.27. The summed E-state index contributed by atoms with van der Waals surface area (Å²) in [6, 6.07) is -0.660. The molecule has 3 atom stereocenters. The predicted octanol–water partition coefficient (Wildman–Crippen LogP) is -0.424. The molecule has 3 N–H and O–H groups in total. The third-order valence-electron chi connectivity index (χ3n) is 2.67. The van der Waals surface area contributed by atoms with E-state index < -0.39 is 29.6 Å². The molecule has 0 bridgehead atoms. The highest BCUT2D eigenvalue weighted by atomic mass is 16.6. The molecule has 0 aromatic carbocycles. The molecule has 1 fully saturated rings. The fraction of sp³-hybridized carbons (Fsp3) is 0.833. The summed E-state index contributed by atoms with van der Waals surface area (Å²) in [6.45, 7) is 4.89. The molecule has 18 heavy (non-hydrogen) atoms. The molecule has 1 aliphatic heterocycles. The molecule has 1 saturated heterocycles. The molecule has 1 unspecified atom stereocenters. The van der Waals surface area contributed by atoms with Crippen LogP contribution in [0.25, 0.3) is 0 Å². The van der Waals surface area contributed by atoms with Crippen molar-refractivity contribution >= 4 is 11.9 Å². The Bertz CT molecular complexity index is 323.